The highest BCUT2D eigenvalue weighted by molar-refractivity contribution is 5.81. The smallest absolute Gasteiger partial charge is 0.247 e. The van der Waals surface area contributed by atoms with Crippen molar-refractivity contribution >= 4 is 29.7 Å². The zero-order valence-corrected chi connectivity index (χ0v) is 35.7. The van der Waals surface area contributed by atoms with Gasteiger partial charge in [-0.3, -0.25) is 9.59 Å². The average Bonchev–Trinajstić information content (AvgIpc) is 3.97. The number of terminal acetylenes is 1. The van der Waals surface area contributed by atoms with Gasteiger partial charge in [0.2, 0.25) is 29.7 Å². The first-order valence-corrected chi connectivity index (χ1v) is 21.4. The molecule has 5 heterocycles. The zero-order valence-electron chi connectivity index (χ0n) is 35.7. The largest absolute Gasteiger partial charge is 0.508 e. The molecule has 2 saturated heterocycles. The van der Waals surface area contributed by atoms with Crippen molar-refractivity contribution in [3.63, 3.8) is 0 Å². The van der Waals surface area contributed by atoms with Crippen LogP contribution in [0.3, 0.4) is 0 Å². The van der Waals surface area contributed by atoms with Crippen molar-refractivity contribution in [2.24, 2.45) is 5.73 Å². The molecule has 2 aliphatic heterocycles. The molecule has 2 fully saturated rings. The Morgan fingerprint density at radius 2 is 1.43 bits per heavy atom. The Balaban J connectivity index is 1.08. The maximum atomic E-state index is 14.2. The molecular formula is C41H59N15O7. The van der Waals surface area contributed by atoms with E-state index in [1.807, 2.05) is 20.9 Å². The Kier molecular flexibility index (Phi) is 18.2. The van der Waals surface area contributed by atoms with Crippen LogP contribution in [-0.4, -0.2) is 188 Å². The van der Waals surface area contributed by atoms with Crippen LogP contribution in [0.1, 0.15) is 35.8 Å². The van der Waals surface area contributed by atoms with Crippen molar-refractivity contribution < 1.29 is 34.0 Å². The predicted molar refractivity (Wildman–Crippen MR) is 231 cm³/mol. The number of nitrogens with two attached hydrogens (primary N) is 1. The highest BCUT2D eigenvalue weighted by Crippen LogP contribution is 2.23. The zero-order chi connectivity index (χ0) is 44.2. The highest BCUT2D eigenvalue weighted by atomic mass is 16.5. The molecule has 6 rings (SSSR count). The number of aliphatic hydroxyl groups is 1. The summed E-state index contributed by atoms with van der Waals surface area (Å²) in [6, 6.07) is 6.05. The SMILES string of the molecule is C#CCOCCOCCOCCNc1nc(N2CCN(C(=O)Cn3cc(CCCCN)nn3)CC2)nc(N2CCN(C(=O)[C@H](Cc3ccc(O)cc3)n3cc(CCO)nn3)CC2)n1. The van der Waals surface area contributed by atoms with Gasteiger partial charge >= 0.3 is 0 Å². The number of ether oxygens (including phenoxy) is 3. The van der Waals surface area contributed by atoms with Crippen LogP contribution >= 0.6 is 0 Å². The number of phenols is 1. The molecule has 0 spiro atoms. The van der Waals surface area contributed by atoms with Crippen LogP contribution in [0.25, 0.3) is 0 Å². The molecule has 1 atom stereocenters. The van der Waals surface area contributed by atoms with E-state index in [0.717, 1.165) is 30.5 Å². The Morgan fingerprint density at radius 3 is 2.10 bits per heavy atom. The molecule has 3 aromatic heterocycles. The van der Waals surface area contributed by atoms with E-state index >= 15 is 0 Å². The first-order chi connectivity index (χ1) is 30.8. The van der Waals surface area contributed by atoms with Gasteiger partial charge in [-0.25, -0.2) is 9.36 Å². The molecule has 0 bridgehead atoms. The van der Waals surface area contributed by atoms with Gasteiger partial charge in [-0.1, -0.05) is 28.5 Å². The summed E-state index contributed by atoms with van der Waals surface area (Å²) in [5.41, 5.74) is 7.90. The number of anilines is 3. The van der Waals surface area contributed by atoms with E-state index < -0.39 is 6.04 Å². The number of carbonyl (C=O) groups excluding carboxylic acids is 2. The minimum Gasteiger partial charge on any atom is -0.508 e. The number of nitrogens with one attached hydrogen (secondary N) is 1. The standard InChI is InChI=1S/C41H59N15O7/c1-2-22-61-24-26-63-27-25-62-23-12-43-39-44-40(53-17-13-51(14-18-53)37(59)31-55-29-33(47-49-55)5-3-4-11-42)46-41(45-39)54-19-15-52(16-20-54)38(60)36(28-32-6-8-35(58)9-7-32)56-30-34(10-21-57)48-50-56/h1,6-9,29-30,36,57-58H,3-5,10-28,31,42H2,(H,43,44,45,46)/t36-/m0/s1. The molecule has 22 nitrogen and oxygen atoms in total. The predicted octanol–water partition coefficient (Wildman–Crippen LogP) is -0.847. The third-order valence-corrected chi connectivity index (χ3v) is 10.5. The molecule has 0 unspecified atom stereocenters. The molecule has 0 aliphatic carbocycles. The lowest BCUT2D eigenvalue weighted by atomic mass is 10.0. The fraction of sp³-hybridized carbons (Fsp3) is 0.585. The molecule has 4 aromatic rings. The highest BCUT2D eigenvalue weighted by Gasteiger charge is 2.32. The number of phenolic OH excluding ortho intramolecular Hbond substituents is 1. The number of aliphatic hydroxyl groups excluding tert-OH is 1. The van der Waals surface area contributed by atoms with Crippen molar-refractivity contribution in [2.75, 3.05) is 127 Å². The van der Waals surface area contributed by atoms with Crippen molar-refractivity contribution in [1.82, 2.24) is 54.7 Å². The number of unbranched alkanes of at least 4 members (excludes halogenated alkanes) is 1. The molecule has 340 valence electrons. The van der Waals surface area contributed by atoms with E-state index in [4.69, 9.17) is 41.3 Å². The number of nitrogens with zero attached hydrogens (tertiary/aromatic N) is 13. The number of hydrogen-bond acceptors (Lipinski definition) is 18. The Hall–Kier alpha value is -5.99. The maximum Gasteiger partial charge on any atom is 0.247 e. The summed E-state index contributed by atoms with van der Waals surface area (Å²) in [5, 5.41) is 39.3. The van der Waals surface area contributed by atoms with Crippen LogP contribution in [-0.2, 0) is 49.6 Å². The van der Waals surface area contributed by atoms with Gasteiger partial charge in [-0.05, 0) is 43.5 Å². The summed E-state index contributed by atoms with van der Waals surface area (Å²) in [6.45, 7) is 7.11. The van der Waals surface area contributed by atoms with E-state index in [0.29, 0.717) is 135 Å². The Labute approximate surface area is 366 Å². The first kappa shape index (κ1) is 46.5. The second-order valence-electron chi connectivity index (χ2n) is 15.1. The van der Waals surface area contributed by atoms with Crippen LogP contribution < -0.4 is 20.9 Å². The van der Waals surface area contributed by atoms with Gasteiger partial charge in [0.25, 0.3) is 0 Å². The average molecular weight is 874 g/mol. The topological polar surface area (TPSA) is 253 Å². The summed E-state index contributed by atoms with van der Waals surface area (Å²) in [6.07, 6.45) is 12.0. The first-order valence-electron chi connectivity index (χ1n) is 21.4. The molecule has 0 radical (unpaired) electrons. The third-order valence-electron chi connectivity index (χ3n) is 10.5. The Morgan fingerprint density at radius 1 is 0.794 bits per heavy atom. The van der Waals surface area contributed by atoms with Crippen LogP contribution in [0.5, 0.6) is 5.75 Å². The number of benzene rings is 1. The second-order valence-corrected chi connectivity index (χ2v) is 15.1. The summed E-state index contributed by atoms with van der Waals surface area (Å²) >= 11 is 0. The number of rotatable bonds is 25. The minimum absolute atomic E-state index is 0.0403. The van der Waals surface area contributed by atoms with Crippen LogP contribution in [0.4, 0.5) is 17.8 Å². The summed E-state index contributed by atoms with van der Waals surface area (Å²) in [4.78, 5) is 49.6. The molecule has 0 saturated carbocycles. The number of aryl methyl sites for hydroxylation is 1. The van der Waals surface area contributed by atoms with Crippen molar-refractivity contribution in [3.8, 4) is 18.1 Å². The Bertz CT molecular complexity index is 2040. The van der Waals surface area contributed by atoms with Gasteiger partial charge in [-0.15, -0.1) is 16.6 Å². The molecule has 2 aliphatic rings. The normalized spacial score (nSPS) is 14.8. The number of amides is 2. The number of piperazine rings is 2. The number of hydrogen-bond donors (Lipinski definition) is 4. The third kappa shape index (κ3) is 14.3. The summed E-state index contributed by atoms with van der Waals surface area (Å²) in [5.74, 6) is 3.72. The number of carbonyl (C=O) groups is 2. The molecule has 1 aromatic carbocycles. The van der Waals surface area contributed by atoms with Gasteiger partial charge in [0.1, 0.15) is 24.9 Å². The van der Waals surface area contributed by atoms with Crippen molar-refractivity contribution in [2.45, 2.75) is 44.7 Å². The van der Waals surface area contributed by atoms with E-state index in [1.165, 1.54) is 0 Å². The molecule has 22 heteroatoms. The summed E-state index contributed by atoms with van der Waals surface area (Å²) < 4.78 is 19.6. The number of aromatic hydroxyl groups is 1. The van der Waals surface area contributed by atoms with Gasteiger partial charge in [0.05, 0.1) is 44.4 Å². The van der Waals surface area contributed by atoms with E-state index in [-0.39, 0.29) is 37.3 Å². The monoisotopic (exact) mass is 873 g/mol. The quantitative estimate of drug-likeness (QED) is 0.0468. The lowest BCUT2D eigenvalue weighted by Gasteiger charge is -2.37. The lowest BCUT2D eigenvalue weighted by Crippen LogP contribution is -2.52. The minimum atomic E-state index is -0.687. The fourth-order valence-electron chi connectivity index (χ4n) is 7.08. The number of aromatic nitrogens is 9. The molecule has 63 heavy (non-hydrogen) atoms. The van der Waals surface area contributed by atoms with E-state index in [9.17, 15) is 19.8 Å². The fourth-order valence-corrected chi connectivity index (χ4v) is 7.08. The van der Waals surface area contributed by atoms with E-state index in [1.54, 1.807) is 44.7 Å². The van der Waals surface area contributed by atoms with Gasteiger partial charge in [-0.2, -0.15) is 15.0 Å². The van der Waals surface area contributed by atoms with Crippen LogP contribution in [0.15, 0.2) is 36.7 Å². The van der Waals surface area contributed by atoms with Crippen LogP contribution in [0.2, 0.25) is 0 Å². The molecule has 5 N–H and O–H groups in total. The molecule has 2 amide bonds. The van der Waals surface area contributed by atoms with Gasteiger partial charge in [0, 0.05) is 90.7 Å². The van der Waals surface area contributed by atoms with Crippen molar-refractivity contribution in [3.05, 3.63) is 53.6 Å². The lowest BCUT2D eigenvalue weighted by molar-refractivity contribution is -0.135. The van der Waals surface area contributed by atoms with Gasteiger partial charge in [0.15, 0.2) is 0 Å². The summed E-state index contributed by atoms with van der Waals surface area (Å²) in [7, 11) is 0. The van der Waals surface area contributed by atoms with Crippen LogP contribution in [0, 0.1) is 12.3 Å². The van der Waals surface area contributed by atoms with Crippen molar-refractivity contribution in [1.29, 1.82) is 0 Å². The molecular weight excluding hydrogens is 815 g/mol. The van der Waals surface area contributed by atoms with Gasteiger partial charge < -0.3 is 55.1 Å². The van der Waals surface area contributed by atoms with E-state index in [2.05, 4.69) is 31.9 Å². The second kappa shape index (κ2) is 24.6. The maximum absolute atomic E-state index is 14.2.